The van der Waals surface area contributed by atoms with Gasteiger partial charge in [-0.2, -0.15) is 5.10 Å². The van der Waals surface area contributed by atoms with Crippen LogP contribution in [0, 0.1) is 6.92 Å². The van der Waals surface area contributed by atoms with E-state index in [-0.39, 0.29) is 18.4 Å². The molecule has 1 aromatic rings. The number of carbonyl (C=O) groups is 2. The Kier molecular flexibility index (Phi) is 5.78. The first-order valence-electron chi connectivity index (χ1n) is 7.68. The molecule has 0 bridgehead atoms. The summed E-state index contributed by atoms with van der Waals surface area (Å²) in [6.45, 7) is 4.16. The summed E-state index contributed by atoms with van der Waals surface area (Å²) in [4.78, 5) is 25.8. The molecule has 1 N–H and O–H groups in total. The van der Waals surface area contributed by atoms with Crippen molar-refractivity contribution in [3.63, 3.8) is 0 Å². The zero-order chi connectivity index (χ0) is 15.1. The van der Waals surface area contributed by atoms with Crippen LogP contribution >= 0.6 is 0 Å². The van der Waals surface area contributed by atoms with Crippen LogP contribution in [0.25, 0.3) is 0 Å². The molecule has 0 spiro atoms. The molecule has 21 heavy (non-hydrogen) atoms. The van der Waals surface area contributed by atoms with Crippen molar-refractivity contribution in [3.05, 3.63) is 18.0 Å². The Morgan fingerprint density at radius 2 is 2.10 bits per heavy atom. The average Bonchev–Trinajstić information content (AvgIpc) is 2.83. The summed E-state index contributed by atoms with van der Waals surface area (Å²) in [6.07, 6.45) is 8.19. The van der Waals surface area contributed by atoms with E-state index in [1.165, 1.54) is 0 Å². The smallest absolute Gasteiger partial charge is 0.244 e. The molecular formula is C15H24N4O2. The van der Waals surface area contributed by atoms with Gasteiger partial charge in [0.2, 0.25) is 11.8 Å². The molecule has 6 heteroatoms. The number of nitrogens with one attached hydrogen (secondary N) is 1. The average molecular weight is 292 g/mol. The highest BCUT2D eigenvalue weighted by Crippen LogP contribution is 2.06. The molecule has 0 unspecified atom stereocenters. The number of rotatable bonds is 2. The van der Waals surface area contributed by atoms with Gasteiger partial charge in [0.25, 0.3) is 0 Å². The van der Waals surface area contributed by atoms with Crippen molar-refractivity contribution < 1.29 is 9.59 Å². The Balaban J connectivity index is 1.92. The molecule has 0 radical (unpaired) electrons. The van der Waals surface area contributed by atoms with Crippen molar-refractivity contribution in [1.29, 1.82) is 0 Å². The summed E-state index contributed by atoms with van der Waals surface area (Å²) in [5.74, 6) is 0.0646. The summed E-state index contributed by atoms with van der Waals surface area (Å²) in [7, 11) is 0. The second-order valence-corrected chi connectivity index (χ2v) is 5.61. The van der Waals surface area contributed by atoms with Crippen molar-refractivity contribution in [2.24, 2.45) is 0 Å². The van der Waals surface area contributed by atoms with Crippen molar-refractivity contribution in [2.45, 2.75) is 45.6 Å². The molecule has 2 amide bonds. The van der Waals surface area contributed by atoms with E-state index in [9.17, 15) is 9.59 Å². The topological polar surface area (TPSA) is 67.2 Å². The molecule has 2 rings (SSSR count). The van der Waals surface area contributed by atoms with E-state index in [4.69, 9.17) is 0 Å². The second-order valence-electron chi connectivity index (χ2n) is 5.61. The number of hydrogen-bond acceptors (Lipinski definition) is 3. The predicted molar refractivity (Wildman–Crippen MR) is 79.6 cm³/mol. The summed E-state index contributed by atoms with van der Waals surface area (Å²) < 4.78 is 1.66. The fourth-order valence-corrected chi connectivity index (χ4v) is 2.49. The number of aryl methyl sites for hydroxylation is 1. The first-order chi connectivity index (χ1) is 10.1. The first-order valence-corrected chi connectivity index (χ1v) is 7.68. The van der Waals surface area contributed by atoms with E-state index in [0.717, 1.165) is 44.3 Å². The largest absolute Gasteiger partial charge is 0.356 e. The molecule has 1 aromatic heterocycles. The molecule has 6 nitrogen and oxygen atoms in total. The van der Waals surface area contributed by atoms with Gasteiger partial charge in [0, 0.05) is 32.3 Å². The summed E-state index contributed by atoms with van der Waals surface area (Å²) in [5, 5.41) is 7.04. The summed E-state index contributed by atoms with van der Waals surface area (Å²) in [5.41, 5.74) is 1.04. The molecule has 0 aromatic carbocycles. The maximum atomic E-state index is 12.4. The van der Waals surface area contributed by atoms with E-state index < -0.39 is 0 Å². The van der Waals surface area contributed by atoms with E-state index in [1.807, 2.05) is 13.1 Å². The van der Waals surface area contributed by atoms with Crippen molar-refractivity contribution in [3.8, 4) is 0 Å². The molecule has 0 saturated carbocycles. The second kappa shape index (κ2) is 7.81. The van der Waals surface area contributed by atoms with Crippen molar-refractivity contribution in [2.75, 3.05) is 19.6 Å². The van der Waals surface area contributed by atoms with E-state index in [1.54, 1.807) is 15.8 Å². The molecule has 1 aliphatic heterocycles. The summed E-state index contributed by atoms with van der Waals surface area (Å²) >= 11 is 0. The minimum absolute atomic E-state index is 0.0321. The standard InChI is InChI=1S/C15H24N4O2/c1-13-10-17-19(11-13)12-15(21)18-8-5-3-2-4-7-16-14(20)6-9-18/h10-11H,2-9,12H2,1H3,(H,16,20). The lowest BCUT2D eigenvalue weighted by molar-refractivity contribution is -0.132. The Labute approximate surface area is 125 Å². The predicted octanol–water partition coefficient (Wildman–Crippen LogP) is 1.10. The quantitative estimate of drug-likeness (QED) is 0.887. The molecule has 116 valence electrons. The van der Waals surface area contributed by atoms with Crippen LogP contribution in [0.1, 0.15) is 37.7 Å². The van der Waals surface area contributed by atoms with Crippen molar-refractivity contribution >= 4 is 11.8 Å². The molecule has 0 aliphatic carbocycles. The number of nitrogens with zero attached hydrogens (tertiary/aromatic N) is 3. The van der Waals surface area contributed by atoms with Crippen LogP contribution in [0.15, 0.2) is 12.4 Å². The zero-order valence-corrected chi connectivity index (χ0v) is 12.7. The maximum absolute atomic E-state index is 12.4. The van der Waals surface area contributed by atoms with Gasteiger partial charge < -0.3 is 10.2 Å². The fraction of sp³-hybridized carbons (Fsp3) is 0.667. The monoisotopic (exact) mass is 292 g/mol. The number of amides is 2. The Morgan fingerprint density at radius 1 is 1.29 bits per heavy atom. The third-order valence-electron chi connectivity index (χ3n) is 3.70. The van der Waals surface area contributed by atoms with Crippen LogP contribution in [0.2, 0.25) is 0 Å². The highest BCUT2D eigenvalue weighted by Gasteiger charge is 2.16. The minimum Gasteiger partial charge on any atom is -0.356 e. The van der Waals surface area contributed by atoms with Gasteiger partial charge in [-0.25, -0.2) is 0 Å². The number of aromatic nitrogens is 2. The van der Waals surface area contributed by atoms with Gasteiger partial charge in [0.1, 0.15) is 6.54 Å². The SMILES string of the molecule is Cc1cnn(CC(=O)N2CCCCCCNC(=O)CC2)c1. The van der Waals surface area contributed by atoms with Gasteiger partial charge in [-0.3, -0.25) is 14.3 Å². The Morgan fingerprint density at radius 3 is 2.86 bits per heavy atom. The van der Waals surface area contributed by atoms with Gasteiger partial charge in [-0.1, -0.05) is 12.8 Å². The third-order valence-corrected chi connectivity index (χ3v) is 3.70. The van der Waals surface area contributed by atoms with Gasteiger partial charge in [-0.15, -0.1) is 0 Å². The summed E-state index contributed by atoms with van der Waals surface area (Å²) in [6, 6.07) is 0. The highest BCUT2D eigenvalue weighted by atomic mass is 16.2. The molecule has 0 atom stereocenters. The van der Waals surface area contributed by atoms with Crippen LogP contribution in [-0.4, -0.2) is 46.1 Å². The lowest BCUT2D eigenvalue weighted by atomic mass is 10.2. The first kappa shape index (κ1) is 15.5. The lowest BCUT2D eigenvalue weighted by Gasteiger charge is -2.22. The lowest BCUT2D eigenvalue weighted by Crippen LogP contribution is -2.37. The number of hydrogen-bond donors (Lipinski definition) is 1. The normalized spacial score (nSPS) is 18.0. The van der Waals surface area contributed by atoms with E-state index in [2.05, 4.69) is 10.4 Å². The van der Waals surface area contributed by atoms with Crippen LogP contribution in [0.3, 0.4) is 0 Å². The molecule has 1 saturated heterocycles. The Bertz CT molecular complexity index is 484. The maximum Gasteiger partial charge on any atom is 0.244 e. The molecule has 1 fully saturated rings. The minimum atomic E-state index is 0.0321. The van der Waals surface area contributed by atoms with Crippen LogP contribution in [0.5, 0.6) is 0 Å². The van der Waals surface area contributed by atoms with Gasteiger partial charge in [-0.05, 0) is 25.3 Å². The van der Waals surface area contributed by atoms with Crippen LogP contribution < -0.4 is 5.32 Å². The number of carbonyl (C=O) groups excluding carboxylic acids is 2. The third kappa shape index (κ3) is 5.21. The van der Waals surface area contributed by atoms with Gasteiger partial charge in [0.05, 0.1) is 6.20 Å². The highest BCUT2D eigenvalue weighted by molar-refractivity contribution is 5.79. The Hall–Kier alpha value is -1.85. The molecule has 1 aliphatic rings. The molecule has 2 heterocycles. The van der Waals surface area contributed by atoms with Crippen LogP contribution in [-0.2, 0) is 16.1 Å². The van der Waals surface area contributed by atoms with Crippen LogP contribution in [0.4, 0.5) is 0 Å². The van der Waals surface area contributed by atoms with Gasteiger partial charge in [0.15, 0.2) is 0 Å². The molecular weight excluding hydrogens is 268 g/mol. The zero-order valence-electron chi connectivity index (χ0n) is 12.7. The van der Waals surface area contributed by atoms with Gasteiger partial charge >= 0.3 is 0 Å². The van der Waals surface area contributed by atoms with E-state index in [0.29, 0.717) is 13.0 Å². The van der Waals surface area contributed by atoms with E-state index >= 15 is 0 Å². The van der Waals surface area contributed by atoms with Crippen molar-refractivity contribution in [1.82, 2.24) is 20.0 Å². The fourth-order valence-electron chi connectivity index (χ4n) is 2.49.